The van der Waals surface area contributed by atoms with Crippen molar-refractivity contribution in [1.82, 2.24) is 9.78 Å². The van der Waals surface area contributed by atoms with E-state index in [9.17, 15) is 4.79 Å². The molecule has 0 spiro atoms. The van der Waals surface area contributed by atoms with Crippen molar-refractivity contribution in [2.24, 2.45) is 13.0 Å². The summed E-state index contributed by atoms with van der Waals surface area (Å²) in [5, 5.41) is 6.88. The number of carbonyl (C=O) groups excluding carboxylic acids is 1. The van der Waals surface area contributed by atoms with Gasteiger partial charge in [0.2, 0.25) is 5.91 Å². The summed E-state index contributed by atoms with van der Waals surface area (Å²) in [4.78, 5) is 11.8. The number of hydrogen-bond acceptors (Lipinski definition) is 3. The van der Waals surface area contributed by atoms with E-state index in [1.807, 2.05) is 19.2 Å². The number of aryl methyl sites for hydroxylation is 2. The van der Waals surface area contributed by atoms with Gasteiger partial charge < -0.3 is 9.73 Å². The summed E-state index contributed by atoms with van der Waals surface area (Å²) in [7, 11) is 1.82. The molecule has 20 heavy (non-hydrogen) atoms. The quantitative estimate of drug-likeness (QED) is 0.911. The van der Waals surface area contributed by atoms with Gasteiger partial charge in [-0.25, -0.2) is 0 Å². The van der Waals surface area contributed by atoms with Crippen LogP contribution in [0.2, 0.25) is 0 Å². The molecule has 2 atom stereocenters. The molecule has 1 amide bonds. The molecule has 1 saturated carbocycles. The van der Waals surface area contributed by atoms with Gasteiger partial charge in [0.15, 0.2) is 5.82 Å². The van der Waals surface area contributed by atoms with E-state index in [-0.39, 0.29) is 5.91 Å². The first-order chi connectivity index (χ1) is 9.61. The molecule has 0 aliphatic heterocycles. The van der Waals surface area contributed by atoms with Crippen LogP contribution in [0.1, 0.15) is 37.2 Å². The Morgan fingerprint density at radius 2 is 2.30 bits per heavy atom. The van der Waals surface area contributed by atoms with Crippen LogP contribution in [-0.4, -0.2) is 15.7 Å². The van der Waals surface area contributed by atoms with Crippen molar-refractivity contribution in [1.29, 1.82) is 0 Å². The topological polar surface area (TPSA) is 60.1 Å². The molecule has 0 radical (unpaired) electrons. The molecule has 2 aromatic heterocycles. The highest BCUT2D eigenvalue weighted by molar-refractivity contribution is 5.89. The standard InChI is InChI=1S/C15H19N3O2/c1-10-9-12(10)13-5-3-11(20-13)4-6-15(19)16-14-7-8-18(2)17-14/h3,5,7-8,10,12H,4,6,9H2,1-2H3,(H,16,17,19)/t10-,12-/m1/s1. The van der Waals surface area contributed by atoms with Crippen LogP contribution in [0.25, 0.3) is 0 Å². The maximum atomic E-state index is 11.8. The number of carbonyl (C=O) groups is 1. The van der Waals surface area contributed by atoms with Crippen molar-refractivity contribution in [3.63, 3.8) is 0 Å². The third kappa shape index (κ3) is 2.92. The maximum absolute atomic E-state index is 11.8. The van der Waals surface area contributed by atoms with Gasteiger partial charge in [0.1, 0.15) is 11.5 Å². The molecule has 2 aromatic rings. The van der Waals surface area contributed by atoms with Crippen molar-refractivity contribution >= 4 is 11.7 Å². The normalized spacial score (nSPS) is 20.9. The Bertz CT molecular complexity index is 614. The number of nitrogens with zero attached hydrogens (tertiary/aromatic N) is 2. The zero-order valence-electron chi connectivity index (χ0n) is 11.8. The van der Waals surface area contributed by atoms with E-state index < -0.39 is 0 Å². The number of amides is 1. The second kappa shape index (κ2) is 5.15. The van der Waals surface area contributed by atoms with Gasteiger partial charge in [-0.3, -0.25) is 9.48 Å². The van der Waals surface area contributed by atoms with Gasteiger partial charge in [-0.2, -0.15) is 5.10 Å². The SMILES string of the molecule is C[C@@H]1C[C@H]1c1ccc(CCC(=O)Nc2ccn(C)n2)o1. The summed E-state index contributed by atoms with van der Waals surface area (Å²) in [6.07, 6.45) is 4.04. The van der Waals surface area contributed by atoms with Crippen LogP contribution < -0.4 is 5.32 Å². The van der Waals surface area contributed by atoms with Gasteiger partial charge in [0, 0.05) is 38.1 Å². The molecule has 1 aliphatic carbocycles. The Balaban J connectivity index is 1.49. The number of hydrogen-bond donors (Lipinski definition) is 1. The summed E-state index contributed by atoms with van der Waals surface area (Å²) in [5.41, 5.74) is 0. The molecule has 0 unspecified atom stereocenters. The fourth-order valence-electron chi connectivity index (χ4n) is 2.37. The summed E-state index contributed by atoms with van der Waals surface area (Å²) in [5.74, 6) is 3.83. The average Bonchev–Trinajstić information content (AvgIpc) is 2.82. The number of anilines is 1. The zero-order valence-corrected chi connectivity index (χ0v) is 11.8. The fraction of sp³-hybridized carbons (Fsp3) is 0.467. The van der Waals surface area contributed by atoms with E-state index >= 15 is 0 Å². The van der Waals surface area contributed by atoms with E-state index in [1.54, 1.807) is 16.9 Å². The number of rotatable bonds is 5. The summed E-state index contributed by atoms with van der Waals surface area (Å²) in [6.45, 7) is 2.23. The number of nitrogens with one attached hydrogen (secondary N) is 1. The van der Waals surface area contributed by atoms with Crippen molar-refractivity contribution in [3.05, 3.63) is 35.9 Å². The van der Waals surface area contributed by atoms with Crippen molar-refractivity contribution < 1.29 is 9.21 Å². The molecule has 1 aliphatic rings. The molecular formula is C15H19N3O2. The molecule has 1 fully saturated rings. The number of furan rings is 1. The van der Waals surface area contributed by atoms with Crippen LogP contribution in [0.5, 0.6) is 0 Å². The minimum Gasteiger partial charge on any atom is -0.466 e. The first-order valence-corrected chi connectivity index (χ1v) is 7.00. The molecular weight excluding hydrogens is 254 g/mol. The summed E-state index contributed by atoms with van der Waals surface area (Å²) < 4.78 is 7.44. The first-order valence-electron chi connectivity index (χ1n) is 7.00. The molecule has 2 heterocycles. The lowest BCUT2D eigenvalue weighted by molar-refractivity contribution is -0.116. The van der Waals surface area contributed by atoms with Crippen molar-refractivity contribution in [3.8, 4) is 0 Å². The lowest BCUT2D eigenvalue weighted by Crippen LogP contribution is -2.12. The van der Waals surface area contributed by atoms with Crippen molar-refractivity contribution in [2.45, 2.75) is 32.1 Å². The minimum atomic E-state index is -0.0403. The van der Waals surface area contributed by atoms with E-state index in [0.717, 1.165) is 17.4 Å². The van der Waals surface area contributed by atoms with E-state index in [2.05, 4.69) is 17.3 Å². The van der Waals surface area contributed by atoms with E-state index in [0.29, 0.717) is 24.6 Å². The molecule has 1 N–H and O–H groups in total. The molecule has 3 rings (SSSR count). The number of aromatic nitrogens is 2. The van der Waals surface area contributed by atoms with Gasteiger partial charge in [0.25, 0.3) is 0 Å². The fourth-order valence-corrected chi connectivity index (χ4v) is 2.37. The predicted octanol–water partition coefficient (Wildman–Crippen LogP) is 2.71. The van der Waals surface area contributed by atoms with Crippen LogP contribution in [0.15, 0.2) is 28.8 Å². The van der Waals surface area contributed by atoms with Crippen LogP contribution >= 0.6 is 0 Å². The van der Waals surface area contributed by atoms with Crippen LogP contribution in [-0.2, 0) is 18.3 Å². The maximum Gasteiger partial charge on any atom is 0.226 e. The van der Waals surface area contributed by atoms with Crippen molar-refractivity contribution in [2.75, 3.05) is 5.32 Å². The Morgan fingerprint density at radius 1 is 1.50 bits per heavy atom. The van der Waals surface area contributed by atoms with Crippen LogP contribution in [0.4, 0.5) is 5.82 Å². The third-order valence-electron chi connectivity index (χ3n) is 3.74. The molecule has 0 bridgehead atoms. The largest absolute Gasteiger partial charge is 0.466 e. The Labute approximate surface area is 118 Å². The zero-order chi connectivity index (χ0) is 14.1. The highest BCUT2D eigenvalue weighted by atomic mass is 16.3. The predicted molar refractivity (Wildman–Crippen MR) is 75.4 cm³/mol. The van der Waals surface area contributed by atoms with Gasteiger partial charge in [-0.15, -0.1) is 0 Å². The van der Waals surface area contributed by atoms with Gasteiger partial charge in [-0.05, 0) is 24.5 Å². The lowest BCUT2D eigenvalue weighted by Gasteiger charge is -2.00. The minimum absolute atomic E-state index is 0.0403. The Morgan fingerprint density at radius 3 is 2.95 bits per heavy atom. The van der Waals surface area contributed by atoms with Crippen LogP contribution in [0, 0.1) is 5.92 Å². The smallest absolute Gasteiger partial charge is 0.226 e. The van der Waals surface area contributed by atoms with E-state index in [1.165, 1.54) is 6.42 Å². The first kappa shape index (κ1) is 13.0. The van der Waals surface area contributed by atoms with Gasteiger partial charge in [0.05, 0.1) is 0 Å². The second-order valence-corrected chi connectivity index (χ2v) is 5.55. The molecule has 5 nitrogen and oxygen atoms in total. The summed E-state index contributed by atoms with van der Waals surface area (Å²) >= 11 is 0. The molecule has 106 valence electrons. The third-order valence-corrected chi connectivity index (χ3v) is 3.74. The van der Waals surface area contributed by atoms with Gasteiger partial charge >= 0.3 is 0 Å². The lowest BCUT2D eigenvalue weighted by atomic mass is 10.2. The highest BCUT2D eigenvalue weighted by Crippen LogP contribution is 2.47. The molecule has 0 aromatic carbocycles. The Kier molecular flexibility index (Phi) is 3.34. The molecule has 0 saturated heterocycles. The molecule has 5 heteroatoms. The second-order valence-electron chi connectivity index (χ2n) is 5.55. The van der Waals surface area contributed by atoms with E-state index in [4.69, 9.17) is 4.42 Å². The van der Waals surface area contributed by atoms with Gasteiger partial charge in [-0.1, -0.05) is 6.92 Å². The summed E-state index contributed by atoms with van der Waals surface area (Å²) in [6, 6.07) is 5.80. The average molecular weight is 273 g/mol. The Hall–Kier alpha value is -2.04. The monoisotopic (exact) mass is 273 g/mol. The van der Waals surface area contributed by atoms with Crippen LogP contribution in [0.3, 0.4) is 0 Å². The highest BCUT2D eigenvalue weighted by Gasteiger charge is 2.36.